The summed E-state index contributed by atoms with van der Waals surface area (Å²) < 4.78 is 0. The van der Waals surface area contributed by atoms with Crippen molar-refractivity contribution in [3.05, 3.63) is 23.8 Å². The number of amides is 1. The Balaban J connectivity index is 2.86. The zero-order valence-electron chi connectivity index (χ0n) is 10.9. The summed E-state index contributed by atoms with van der Waals surface area (Å²) in [5, 5.41) is 2.82. The summed E-state index contributed by atoms with van der Waals surface area (Å²) in [6.07, 6.45) is 0.637. The fourth-order valence-corrected chi connectivity index (χ4v) is 1.59. The van der Waals surface area contributed by atoms with Gasteiger partial charge < -0.3 is 16.0 Å². The number of hydrogen-bond acceptors (Lipinski definition) is 3. The van der Waals surface area contributed by atoms with E-state index in [1.807, 2.05) is 51.0 Å². The molecule has 0 aliphatic rings. The second-order valence-corrected chi connectivity index (χ2v) is 4.40. The molecule has 1 rings (SSSR count). The number of rotatable bonds is 4. The summed E-state index contributed by atoms with van der Waals surface area (Å²) in [6, 6.07) is 5.39. The topological polar surface area (TPSA) is 58.4 Å². The van der Waals surface area contributed by atoms with E-state index in [1.165, 1.54) is 5.56 Å². The molecule has 1 amide bonds. The number of nitrogens with two attached hydrogens (primary N) is 1. The van der Waals surface area contributed by atoms with Gasteiger partial charge in [-0.25, -0.2) is 0 Å². The molecule has 0 aromatic heterocycles. The largest absolute Gasteiger partial charge is 0.377 e. The predicted octanol–water partition coefficient (Wildman–Crippen LogP) is 1.74. The summed E-state index contributed by atoms with van der Waals surface area (Å²) >= 11 is 0. The van der Waals surface area contributed by atoms with Crippen LogP contribution in [0.15, 0.2) is 18.2 Å². The molecule has 4 nitrogen and oxygen atoms in total. The standard InChI is InChI=1S/C13H21N3O/c1-5-11(14)13(17)15-10-7-6-9(2)12(8-10)16(3)4/h6-8,11H,5,14H2,1-4H3,(H,15,17)/t11-/m0/s1. The summed E-state index contributed by atoms with van der Waals surface area (Å²) in [6.45, 7) is 3.93. The Bertz CT molecular complexity index is 402. The van der Waals surface area contributed by atoms with Crippen LogP contribution in [0.4, 0.5) is 11.4 Å². The van der Waals surface area contributed by atoms with E-state index in [4.69, 9.17) is 5.73 Å². The van der Waals surface area contributed by atoms with Crippen LogP contribution in [-0.4, -0.2) is 26.0 Å². The van der Waals surface area contributed by atoms with Crippen molar-refractivity contribution in [3.63, 3.8) is 0 Å². The molecule has 0 saturated heterocycles. The minimum atomic E-state index is -0.445. The zero-order chi connectivity index (χ0) is 13.0. The van der Waals surface area contributed by atoms with Crippen LogP contribution < -0.4 is 16.0 Å². The van der Waals surface area contributed by atoms with Crippen LogP contribution in [0, 0.1) is 6.92 Å². The lowest BCUT2D eigenvalue weighted by atomic mass is 10.1. The van der Waals surface area contributed by atoms with Gasteiger partial charge in [0.1, 0.15) is 0 Å². The Labute approximate surface area is 103 Å². The van der Waals surface area contributed by atoms with Gasteiger partial charge in [0.25, 0.3) is 0 Å². The van der Waals surface area contributed by atoms with E-state index in [-0.39, 0.29) is 5.91 Å². The lowest BCUT2D eigenvalue weighted by Gasteiger charge is -2.17. The van der Waals surface area contributed by atoms with Crippen molar-refractivity contribution in [2.24, 2.45) is 5.73 Å². The van der Waals surface area contributed by atoms with Crippen molar-refractivity contribution in [1.82, 2.24) is 0 Å². The molecule has 94 valence electrons. The molecular weight excluding hydrogens is 214 g/mol. The fraction of sp³-hybridized carbons (Fsp3) is 0.462. The van der Waals surface area contributed by atoms with Crippen LogP contribution in [0.3, 0.4) is 0 Å². The van der Waals surface area contributed by atoms with Gasteiger partial charge in [-0.3, -0.25) is 4.79 Å². The highest BCUT2D eigenvalue weighted by molar-refractivity contribution is 5.95. The van der Waals surface area contributed by atoms with Gasteiger partial charge in [-0.1, -0.05) is 13.0 Å². The quantitative estimate of drug-likeness (QED) is 0.835. The van der Waals surface area contributed by atoms with Gasteiger partial charge in [-0.05, 0) is 31.0 Å². The summed E-state index contributed by atoms with van der Waals surface area (Å²) in [7, 11) is 3.96. The highest BCUT2D eigenvalue weighted by Crippen LogP contribution is 2.22. The molecule has 0 aliphatic heterocycles. The lowest BCUT2D eigenvalue weighted by molar-refractivity contribution is -0.117. The average molecular weight is 235 g/mol. The minimum Gasteiger partial charge on any atom is -0.377 e. The Morgan fingerprint density at radius 1 is 1.47 bits per heavy atom. The van der Waals surface area contributed by atoms with Crippen molar-refractivity contribution < 1.29 is 4.79 Å². The van der Waals surface area contributed by atoms with E-state index in [9.17, 15) is 4.79 Å². The van der Waals surface area contributed by atoms with Gasteiger partial charge in [0.15, 0.2) is 0 Å². The molecule has 17 heavy (non-hydrogen) atoms. The normalized spacial score (nSPS) is 12.1. The van der Waals surface area contributed by atoms with Crippen LogP contribution in [-0.2, 0) is 4.79 Å². The maximum absolute atomic E-state index is 11.7. The second-order valence-electron chi connectivity index (χ2n) is 4.40. The first-order valence-electron chi connectivity index (χ1n) is 5.80. The maximum atomic E-state index is 11.7. The number of aryl methyl sites for hydroxylation is 1. The summed E-state index contributed by atoms with van der Waals surface area (Å²) in [5.41, 5.74) is 8.72. The second kappa shape index (κ2) is 5.68. The van der Waals surface area contributed by atoms with Gasteiger partial charge in [0.05, 0.1) is 6.04 Å². The van der Waals surface area contributed by atoms with Crippen LogP contribution in [0.1, 0.15) is 18.9 Å². The first-order valence-corrected chi connectivity index (χ1v) is 5.80. The zero-order valence-corrected chi connectivity index (χ0v) is 10.9. The molecule has 1 atom stereocenters. The fourth-order valence-electron chi connectivity index (χ4n) is 1.59. The number of anilines is 2. The molecule has 1 aromatic carbocycles. The molecule has 0 saturated carbocycles. The smallest absolute Gasteiger partial charge is 0.241 e. The number of nitrogens with one attached hydrogen (secondary N) is 1. The SMILES string of the molecule is CC[C@H](N)C(=O)Nc1ccc(C)c(N(C)C)c1. The Morgan fingerprint density at radius 2 is 2.12 bits per heavy atom. The number of nitrogens with zero attached hydrogens (tertiary/aromatic N) is 1. The van der Waals surface area contributed by atoms with E-state index in [0.29, 0.717) is 6.42 Å². The molecule has 1 aromatic rings. The molecule has 0 radical (unpaired) electrons. The van der Waals surface area contributed by atoms with Crippen molar-refractivity contribution >= 4 is 17.3 Å². The molecule has 0 fully saturated rings. The number of carbonyl (C=O) groups excluding carboxylic acids is 1. The Hall–Kier alpha value is -1.55. The predicted molar refractivity (Wildman–Crippen MR) is 72.4 cm³/mol. The van der Waals surface area contributed by atoms with Gasteiger partial charge in [0.2, 0.25) is 5.91 Å². The molecule has 0 spiro atoms. The molecule has 0 heterocycles. The average Bonchev–Trinajstić information content (AvgIpc) is 2.30. The number of benzene rings is 1. The van der Waals surface area contributed by atoms with E-state index in [2.05, 4.69) is 5.32 Å². The molecular formula is C13H21N3O. The first-order chi connectivity index (χ1) is 7.95. The maximum Gasteiger partial charge on any atom is 0.241 e. The molecule has 0 unspecified atom stereocenters. The third-order valence-electron chi connectivity index (χ3n) is 2.74. The summed E-state index contributed by atoms with van der Waals surface area (Å²) in [4.78, 5) is 13.7. The van der Waals surface area contributed by atoms with Crippen molar-refractivity contribution in [2.45, 2.75) is 26.3 Å². The molecule has 3 N–H and O–H groups in total. The van der Waals surface area contributed by atoms with Crippen LogP contribution in [0.25, 0.3) is 0 Å². The van der Waals surface area contributed by atoms with Gasteiger partial charge in [0, 0.05) is 25.5 Å². The lowest BCUT2D eigenvalue weighted by Crippen LogP contribution is -2.34. The highest BCUT2D eigenvalue weighted by atomic mass is 16.2. The van der Waals surface area contributed by atoms with Crippen LogP contribution in [0.2, 0.25) is 0 Å². The van der Waals surface area contributed by atoms with Gasteiger partial charge in [-0.15, -0.1) is 0 Å². The van der Waals surface area contributed by atoms with E-state index >= 15 is 0 Å². The monoisotopic (exact) mass is 235 g/mol. The summed E-state index contributed by atoms with van der Waals surface area (Å²) in [5.74, 6) is -0.138. The number of hydrogen-bond donors (Lipinski definition) is 2. The van der Waals surface area contributed by atoms with Gasteiger partial charge >= 0.3 is 0 Å². The van der Waals surface area contributed by atoms with Crippen molar-refractivity contribution in [1.29, 1.82) is 0 Å². The number of carbonyl (C=O) groups is 1. The third-order valence-corrected chi connectivity index (χ3v) is 2.74. The highest BCUT2D eigenvalue weighted by Gasteiger charge is 2.11. The van der Waals surface area contributed by atoms with E-state index < -0.39 is 6.04 Å². The molecule has 4 heteroatoms. The van der Waals surface area contributed by atoms with Crippen molar-refractivity contribution in [2.75, 3.05) is 24.3 Å². The van der Waals surface area contributed by atoms with Crippen LogP contribution >= 0.6 is 0 Å². The Morgan fingerprint density at radius 3 is 2.65 bits per heavy atom. The molecule has 0 aliphatic carbocycles. The first kappa shape index (κ1) is 13.5. The Kier molecular flexibility index (Phi) is 4.52. The van der Waals surface area contributed by atoms with E-state index in [1.54, 1.807) is 0 Å². The van der Waals surface area contributed by atoms with Gasteiger partial charge in [-0.2, -0.15) is 0 Å². The minimum absolute atomic E-state index is 0.138. The van der Waals surface area contributed by atoms with Crippen LogP contribution in [0.5, 0.6) is 0 Å². The van der Waals surface area contributed by atoms with E-state index in [0.717, 1.165) is 11.4 Å². The third kappa shape index (κ3) is 3.46. The van der Waals surface area contributed by atoms with Crippen molar-refractivity contribution in [3.8, 4) is 0 Å². The molecule has 0 bridgehead atoms.